The summed E-state index contributed by atoms with van der Waals surface area (Å²) < 4.78 is 1.56. The Kier molecular flexibility index (Phi) is 5.84. The quantitative estimate of drug-likeness (QED) is 0.509. The molecule has 0 aliphatic heterocycles. The van der Waals surface area contributed by atoms with Gasteiger partial charge in [0.1, 0.15) is 6.54 Å². The molecule has 0 unspecified atom stereocenters. The number of nitrogens with one attached hydrogen (secondary N) is 2. The van der Waals surface area contributed by atoms with Crippen LogP contribution in [0, 0.1) is 13.8 Å². The molecule has 2 aromatic carbocycles. The molecular weight excluding hydrogens is 356 g/mol. The fourth-order valence-electron chi connectivity index (χ4n) is 2.95. The number of amides is 2. The molecule has 3 rings (SSSR count). The Bertz CT molecular complexity index is 1040. The molecule has 0 aliphatic carbocycles. The molecule has 0 spiro atoms. The number of aryl methyl sites for hydroxylation is 2. The third kappa shape index (κ3) is 4.82. The average molecular weight is 378 g/mol. The van der Waals surface area contributed by atoms with Crippen LogP contribution in [0.3, 0.4) is 0 Å². The lowest BCUT2D eigenvalue weighted by Crippen LogP contribution is -2.43. The van der Waals surface area contributed by atoms with Gasteiger partial charge in [-0.25, -0.2) is 0 Å². The molecule has 0 saturated carbocycles. The van der Waals surface area contributed by atoms with Crippen molar-refractivity contribution < 1.29 is 14.4 Å². The molecule has 144 valence electrons. The fraction of sp³-hybridized carbons (Fsp3) is 0.238. The number of Topliss-reactive ketones (excluding diaryl/α,β-unsaturated/α-hetero) is 1. The lowest BCUT2D eigenvalue weighted by atomic mass is 10.0. The molecular formula is C21H22N4O3. The minimum Gasteiger partial charge on any atom is -0.294 e. The van der Waals surface area contributed by atoms with Gasteiger partial charge in [-0.3, -0.25) is 29.9 Å². The Labute approximate surface area is 162 Å². The van der Waals surface area contributed by atoms with Gasteiger partial charge in [0, 0.05) is 24.1 Å². The standard InChI is InChI=1S/C21H22N4O3/c1-14-11-15(2)25(24-14)13-21(28)23-22-20(27)10-9-19(26)18-8-7-16-5-3-4-6-17(16)12-18/h3-8,11-12H,9-10,13H2,1-2H3,(H,22,27)(H,23,28). The smallest absolute Gasteiger partial charge is 0.260 e. The van der Waals surface area contributed by atoms with E-state index in [1.807, 2.05) is 56.3 Å². The van der Waals surface area contributed by atoms with Crippen molar-refractivity contribution in [3.05, 3.63) is 65.5 Å². The zero-order chi connectivity index (χ0) is 20.1. The van der Waals surface area contributed by atoms with Gasteiger partial charge in [0.25, 0.3) is 5.91 Å². The Morgan fingerprint density at radius 1 is 0.893 bits per heavy atom. The van der Waals surface area contributed by atoms with Crippen molar-refractivity contribution in [3.63, 3.8) is 0 Å². The van der Waals surface area contributed by atoms with E-state index in [2.05, 4.69) is 16.0 Å². The topological polar surface area (TPSA) is 93.1 Å². The molecule has 2 amide bonds. The average Bonchev–Trinajstić information content (AvgIpc) is 3.00. The van der Waals surface area contributed by atoms with Crippen molar-refractivity contribution >= 4 is 28.4 Å². The highest BCUT2D eigenvalue weighted by Crippen LogP contribution is 2.17. The van der Waals surface area contributed by atoms with E-state index in [9.17, 15) is 14.4 Å². The fourth-order valence-corrected chi connectivity index (χ4v) is 2.95. The maximum atomic E-state index is 12.3. The SMILES string of the molecule is Cc1cc(C)n(CC(=O)NNC(=O)CCC(=O)c2ccc3ccccc3c2)n1. The summed E-state index contributed by atoms with van der Waals surface area (Å²) in [5.74, 6) is -0.925. The molecule has 0 saturated heterocycles. The van der Waals surface area contributed by atoms with Crippen LogP contribution in [0.1, 0.15) is 34.6 Å². The molecule has 28 heavy (non-hydrogen) atoms. The number of rotatable bonds is 6. The van der Waals surface area contributed by atoms with Gasteiger partial charge in [0.2, 0.25) is 5.91 Å². The first-order valence-corrected chi connectivity index (χ1v) is 9.03. The van der Waals surface area contributed by atoms with Crippen LogP contribution in [-0.2, 0) is 16.1 Å². The number of fused-ring (bicyclic) bond motifs is 1. The van der Waals surface area contributed by atoms with Gasteiger partial charge in [-0.05, 0) is 36.8 Å². The molecule has 0 radical (unpaired) electrons. The van der Waals surface area contributed by atoms with Crippen LogP contribution in [-0.4, -0.2) is 27.4 Å². The zero-order valence-corrected chi connectivity index (χ0v) is 15.9. The summed E-state index contributed by atoms with van der Waals surface area (Å²) in [5.41, 5.74) is 6.93. The number of hydrazine groups is 1. The minimum atomic E-state index is -0.421. The van der Waals surface area contributed by atoms with Crippen LogP contribution in [0.5, 0.6) is 0 Å². The number of carbonyl (C=O) groups is 3. The summed E-state index contributed by atoms with van der Waals surface area (Å²) >= 11 is 0. The number of aromatic nitrogens is 2. The first-order chi connectivity index (χ1) is 13.4. The monoisotopic (exact) mass is 378 g/mol. The summed E-state index contributed by atoms with van der Waals surface area (Å²) in [4.78, 5) is 36.2. The lowest BCUT2D eigenvalue weighted by Gasteiger charge is -2.08. The minimum absolute atomic E-state index is 0.00809. The maximum Gasteiger partial charge on any atom is 0.260 e. The van der Waals surface area contributed by atoms with Gasteiger partial charge in [-0.1, -0.05) is 36.4 Å². The lowest BCUT2D eigenvalue weighted by molar-refractivity contribution is -0.129. The maximum absolute atomic E-state index is 12.3. The van der Waals surface area contributed by atoms with Gasteiger partial charge < -0.3 is 0 Å². The Balaban J connectivity index is 1.46. The van der Waals surface area contributed by atoms with E-state index in [1.54, 1.807) is 10.7 Å². The highest BCUT2D eigenvalue weighted by molar-refractivity contribution is 6.01. The summed E-state index contributed by atoms with van der Waals surface area (Å²) in [6.07, 6.45) is 0.0589. The molecule has 0 bridgehead atoms. The number of hydrogen-bond donors (Lipinski definition) is 2. The van der Waals surface area contributed by atoms with Gasteiger partial charge >= 0.3 is 0 Å². The second kappa shape index (κ2) is 8.47. The molecule has 0 atom stereocenters. The second-order valence-electron chi connectivity index (χ2n) is 6.67. The normalized spacial score (nSPS) is 10.6. The van der Waals surface area contributed by atoms with Gasteiger partial charge in [0.05, 0.1) is 5.69 Å². The van der Waals surface area contributed by atoms with Gasteiger partial charge in [-0.15, -0.1) is 0 Å². The molecule has 2 N–H and O–H groups in total. The van der Waals surface area contributed by atoms with Crippen LogP contribution >= 0.6 is 0 Å². The molecule has 1 heterocycles. The molecule has 0 aliphatic rings. The number of ketones is 1. The number of hydrogen-bond acceptors (Lipinski definition) is 4. The Morgan fingerprint density at radius 3 is 2.32 bits per heavy atom. The number of benzene rings is 2. The number of nitrogens with zero attached hydrogens (tertiary/aromatic N) is 2. The van der Waals surface area contributed by atoms with Crippen molar-refractivity contribution in [3.8, 4) is 0 Å². The van der Waals surface area contributed by atoms with Crippen molar-refractivity contribution in [2.24, 2.45) is 0 Å². The van der Waals surface area contributed by atoms with Crippen LogP contribution in [0.4, 0.5) is 0 Å². The first kappa shape index (κ1) is 19.3. The van der Waals surface area contributed by atoms with Crippen LogP contribution in [0.15, 0.2) is 48.5 Å². The third-order valence-corrected chi connectivity index (χ3v) is 4.39. The molecule has 0 fully saturated rings. The predicted molar refractivity (Wildman–Crippen MR) is 105 cm³/mol. The van der Waals surface area contributed by atoms with Crippen molar-refractivity contribution in [1.29, 1.82) is 0 Å². The van der Waals surface area contributed by atoms with Crippen molar-refractivity contribution in [1.82, 2.24) is 20.6 Å². The molecule has 3 aromatic rings. The Morgan fingerprint density at radius 2 is 1.61 bits per heavy atom. The molecule has 1 aromatic heterocycles. The van der Waals surface area contributed by atoms with Gasteiger partial charge in [-0.2, -0.15) is 5.10 Å². The van der Waals surface area contributed by atoms with Crippen LogP contribution < -0.4 is 10.9 Å². The summed E-state index contributed by atoms with van der Waals surface area (Å²) in [7, 11) is 0. The third-order valence-electron chi connectivity index (χ3n) is 4.39. The van der Waals surface area contributed by atoms with E-state index in [0.29, 0.717) is 5.56 Å². The molecule has 7 nitrogen and oxygen atoms in total. The predicted octanol–water partition coefficient (Wildman–Crippen LogP) is 2.46. The largest absolute Gasteiger partial charge is 0.294 e. The van der Waals surface area contributed by atoms with E-state index < -0.39 is 5.91 Å². The summed E-state index contributed by atoms with van der Waals surface area (Å²) in [5, 5.41) is 6.23. The van der Waals surface area contributed by atoms with E-state index in [4.69, 9.17) is 0 Å². The van der Waals surface area contributed by atoms with Crippen molar-refractivity contribution in [2.75, 3.05) is 0 Å². The van der Waals surface area contributed by atoms with E-state index in [0.717, 1.165) is 22.2 Å². The summed E-state index contributed by atoms with van der Waals surface area (Å²) in [6.45, 7) is 3.70. The van der Waals surface area contributed by atoms with E-state index in [1.165, 1.54) is 0 Å². The summed E-state index contributed by atoms with van der Waals surface area (Å²) in [6, 6.07) is 15.1. The van der Waals surface area contributed by atoms with E-state index >= 15 is 0 Å². The van der Waals surface area contributed by atoms with Crippen LogP contribution in [0.2, 0.25) is 0 Å². The second-order valence-corrected chi connectivity index (χ2v) is 6.67. The highest BCUT2D eigenvalue weighted by Gasteiger charge is 2.12. The number of carbonyl (C=O) groups excluding carboxylic acids is 3. The van der Waals surface area contributed by atoms with E-state index in [-0.39, 0.29) is 31.1 Å². The van der Waals surface area contributed by atoms with Crippen LogP contribution in [0.25, 0.3) is 10.8 Å². The first-order valence-electron chi connectivity index (χ1n) is 9.03. The Hall–Kier alpha value is -3.48. The highest BCUT2D eigenvalue weighted by atomic mass is 16.2. The molecule has 7 heteroatoms. The van der Waals surface area contributed by atoms with Gasteiger partial charge in [0.15, 0.2) is 5.78 Å². The zero-order valence-electron chi connectivity index (χ0n) is 15.9. The van der Waals surface area contributed by atoms with Crippen molar-refractivity contribution in [2.45, 2.75) is 33.2 Å².